The summed E-state index contributed by atoms with van der Waals surface area (Å²) in [5.41, 5.74) is 1.95. The Morgan fingerprint density at radius 1 is 1.44 bits per heavy atom. The van der Waals surface area contributed by atoms with Gasteiger partial charge in [0.2, 0.25) is 0 Å². The lowest BCUT2D eigenvalue weighted by Gasteiger charge is -2.26. The highest BCUT2D eigenvalue weighted by atomic mass is 16.5. The number of hydrogen-bond donors (Lipinski definition) is 3. The number of rotatable bonds is 2. The molecule has 0 aromatic rings. The highest BCUT2D eigenvalue weighted by molar-refractivity contribution is 4.75. The van der Waals surface area contributed by atoms with Crippen molar-refractivity contribution in [2.45, 2.75) is 26.8 Å². The quantitative estimate of drug-likeness (QED) is 0.477. The van der Waals surface area contributed by atoms with E-state index in [4.69, 9.17) is 10.3 Å². The number of hydrogen-bond acceptors (Lipinski definition) is 3. The summed E-state index contributed by atoms with van der Waals surface area (Å²) in [7, 11) is 0. The molecule has 0 radical (unpaired) electrons. The second kappa shape index (κ2) is 3.15. The Balaban J connectivity index is 3.79. The minimum atomic E-state index is -0.238. The first kappa shape index (κ1) is 8.88. The van der Waals surface area contributed by atoms with Crippen molar-refractivity contribution >= 4 is 0 Å². The fourth-order valence-corrected chi connectivity index (χ4v) is 0.508. The Labute approximate surface area is 55.7 Å². The lowest BCUT2D eigenvalue weighted by Crippen LogP contribution is -2.41. The summed E-state index contributed by atoms with van der Waals surface area (Å²) in [6, 6.07) is -0.238. The minimum Gasteiger partial charge on any atom is -0.395 e. The molecule has 9 heavy (non-hydrogen) atoms. The molecule has 0 aromatic heterocycles. The lowest BCUT2D eigenvalue weighted by atomic mass is 9.88. The average Bonchev–Trinajstić information content (AvgIpc) is 1.65. The summed E-state index contributed by atoms with van der Waals surface area (Å²) in [5.74, 6) is 0. The predicted molar refractivity (Wildman–Crippen MR) is 35.3 cm³/mol. The Morgan fingerprint density at radius 2 is 1.89 bits per heavy atom. The summed E-state index contributed by atoms with van der Waals surface area (Å²) >= 11 is 0. The zero-order chi connectivity index (χ0) is 7.49. The summed E-state index contributed by atoms with van der Waals surface area (Å²) in [6.07, 6.45) is 0. The third kappa shape index (κ3) is 2.79. The highest BCUT2D eigenvalue weighted by Gasteiger charge is 2.22. The van der Waals surface area contributed by atoms with Crippen LogP contribution >= 0.6 is 0 Å². The van der Waals surface area contributed by atoms with Gasteiger partial charge in [0.1, 0.15) is 0 Å². The summed E-state index contributed by atoms with van der Waals surface area (Å²) in [5, 5.41) is 17.1. The lowest BCUT2D eigenvalue weighted by molar-refractivity contribution is 0.0379. The van der Waals surface area contributed by atoms with Crippen LogP contribution in [-0.2, 0) is 0 Å². The van der Waals surface area contributed by atoms with E-state index in [9.17, 15) is 0 Å². The van der Waals surface area contributed by atoms with Gasteiger partial charge in [-0.3, -0.25) is 0 Å². The van der Waals surface area contributed by atoms with Gasteiger partial charge in [-0.05, 0) is 5.41 Å². The second-order valence-corrected chi connectivity index (χ2v) is 3.23. The molecule has 0 heterocycles. The number of hydroxylamine groups is 1. The van der Waals surface area contributed by atoms with Crippen molar-refractivity contribution in [2.75, 3.05) is 6.61 Å². The Bertz CT molecular complexity index is 73.6. The van der Waals surface area contributed by atoms with Gasteiger partial charge in [0.25, 0.3) is 0 Å². The highest BCUT2D eigenvalue weighted by Crippen LogP contribution is 2.17. The zero-order valence-electron chi connectivity index (χ0n) is 6.18. The van der Waals surface area contributed by atoms with Crippen molar-refractivity contribution in [1.82, 2.24) is 5.48 Å². The molecular formula is C6H15NO2. The van der Waals surface area contributed by atoms with E-state index in [1.54, 1.807) is 0 Å². The molecule has 1 atom stereocenters. The van der Waals surface area contributed by atoms with Gasteiger partial charge < -0.3 is 10.3 Å². The Kier molecular flexibility index (Phi) is 3.11. The maximum atomic E-state index is 8.64. The topological polar surface area (TPSA) is 52.5 Å². The molecule has 0 aliphatic heterocycles. The molecule has 0 spiro atoms. The van der Waals surface area contributed by atoms with E-state index in [1.165, 1.54) is 0 Å². The predicted octanol–water partition coefficient (Wildman–Crippen LogP) is 0.372. The third-order valence-electron chi connectivity index (χ3n) is 1.38. The summed E-state index contributed by atoms with van der Waals surface area (Å²) in [4.78, 5) is 0. The second-order valence-electron chi connectivity index (χ2n) is 3.23. The molecule has 3 nitrogen and oxygen atoms in total. The van der Waals surface area contributed by atoms with Gasteiger partial charge in [0, 0.05) is 0 Å². The summed E-state index contributed by atoms with van der Waals surface area (Å²) in [6.45, 7) is 5.78. The largest absolute Gasteiger partial charge is 0.395 e. The summed E-state index contributed by atoms with van der Waals surface area (Å²) < 4.78 is 0. The number of nitrogens with one attached hydrogen (secondary N) is 1. The van der Waals surface area contributed by atoms with Crippen LogP contribution < -0.4 is 5.48 Å². The van der Waals surface area contributed by atoms with E-state index in [0.717, 1.165) is 0 Å². The van der Waals surface area contributed by atoms with Crippen LogP contribution in [0.3, 0.4) is 0 Å². The van der Waals surface area contributed by atoms with Crippen LogP contribution in [0.5, 0.6) is 0 Å². The number of aliphatic hydroxyl groups excluding tert-OH is 1. The maximum absolute atomic E-state index is 8.64. The molecule has 0 aliphatic carbocycles. The molecule has 0 unspecified atom stereocenters. The van der Waals surface area contributed by atoms with E-state index < -0.39 is 0 Å². The van der Waals surface area contributed by atoms with Crippen molar-refractivity contribution in [2.24, 2.45) is 5.41 Å². The molecule has 0 fully saturated rings. The van der Waals surface area contributed by atoms with E-state index in [0.29, 0.717) is 0 Å². The molecule has 0 saturated heterocycles. The van der Waals surface area contributed by atoms with Crippen LogP contribution in [-0.4, -0.2) is 23.0 Å². The number of aliphatic hydroxyl groups is 1. The first-order valence-electron chi connectivity index (χ1n) is 3.03. The van der Waals surface area contributed by atoms with Crippen LogP contribution in [0.1, 0.15) is 20.8 Å². The van der Waals surface area contributed by atoms with Crippen LogP contribution in [0.25, 0.3) is 0 Å². The Hall–Kier alpha value is -0.120. The van der Waals surface area contributed by atoms with Crippen molar-refractivity contribution in [1.29, 1.82) is 0 Å². The smallest absolute Gasteiger partial charge is 0.0612 e. The molecule has 0 amide bonds. The normalized spacial score (nSPS) is 15.7. The van der Waals surface area contributed by atoms with Crippen LogP contribution in [0.15, 0.2) is 0 Å². The first-order chi connectivity index (χ1) is 4.02. The molecule has 0 aromatic carbocycles. The van der Waals surface area contributed by atoms with Gasteiger partial charge in [0.05, 0.1) is 12.6 Å². The molecule has 3 heteroatoms. The van der Waals surface area contributed by atoms with Crippen LogP contribution in [0.2, 0.25) is 0 Å². The fraction of sp³-hybridized carbons (Fsp3) is 1.00. The molecule has 3 N–H and O–H groups in total. The third-order valence-corrected chi connectivity index (χ3v) is 1.38. The van der Waals surface area contributed by atoms with Gasteiger partial charge in [0.15, 0.2) is 0 Å². The van der Waals surface area contributed by atoms with E-state index >= 15 is 0 Å². The zero-order valence-corrected chi connectivity index (χ0v) is 6.18. The van der Waals surface area contributed by atoms with Crippen LogP contribution in [0.4, 0.5) is 0 Å². The Morgan fingerprint density at radius 3 is 1.89 bits per heavy atom. The fourth-order valence-electron chi connectivity index (χ4n) is 0.508. The molecule has 0 saturated carbocycles. The monoisotopic (exact) mass is 133 g/mol. The maximum Gasteiger partial charge on any atom is 0.0612 e. The van der Waals surface area contributed by atoms with E-state index in [-0.39, 0.29) is 18.1 Å². The minimum absolute atomic E-state index is 0.0417. The van der Waals surface area contributed by atoms with Crippen molar-refractivity contribution in [3.63, 3.8) is 0 Å². The van der Waals surface area contributed by atoms with Gasteiger partial charge in [-0.15, -0.1) is 0 Å². The van der Waals surface area contributed by atoms with Gasteiger partial charge in [-0.1, -0.05) is 20.8 Å². The van der Waals surface area contributed by atoms with E-state index in [2.05, 4.69) is 0 Å². The van der Waals surface area contributed by atoms with Gasteiger partial charge >= 0.3 is 0 Å². The molecule has 0 bridgehead atoms. The van der Waals surface area contributed by atoms with Gasteiger partial charge in [-0.2, -0.15) is 5.48 Å². The van der Waals surface area contributed by atoms with Gasteiger partial charge in [-0.25, -0.2) is 0 Å². The molecule has 0 aliphatic rings. The van der Waals surface area contributed by atoms with Crippen molar-refractivity contribution in [3.8, 4) is 0 Å². The van der Waals surface area contributed by atoms with Crippen molar-refractivity contribution in [3.05, 3.63) is 0 Å². The molecular weight excluding hydrogens is 118 g/mol. The SMILES string of the molecule is CC(C)(C)[C@@H](CO)NO. The van der Waals surface area contributed by atoms with Crippen molar-refractivity contribution < 1.29 is 10.3 Å². The molecule has 56 valence electrons. The molecule has 0 rings (SSSR count). The first-order valence-corrected chi connectivity index (χ1v) is 3.03. The average molecular weight is 133 g/mol. The van der Waals surface area contributed by atoms with E-state index in [1.807, 2.05) is 26.3 Å². The standard InChI is InChI=1S/C6H15NO2/c1-6(2,3)5(4-8)7-9/h5,7-9H,4H2,1-3H3/t5-/m1/s1. The van der Waals surface area contributed by atoms with Crippen LogP contribution in [0, 0.1) is 5.41 Å².